The molecule has 0 atom stereocenters. The van der Waals surface area contributed by atoms with E-state index < -0.39 is 5.91 Å². The number of amides is 3. The molecule has 0 aliphatic rings. The summed E-state index contributed by atoms with van der Waals surface area (Å²) < 4.78 is 0. The standard InChI is InChI=1S/C29H25N3O3S2/c1-20-10-12-23(13-11-20)30-27(33)19-37-25-9-5-8-24(17-25)31-29(35)26(16-21-14-15-36-18-21)32-28(34)22-6-3-2-4-7-22/h2-18H,19H2,1H3,(H,30,33)(H,31,35)(H,32,34)/b26-16-. The van der Waals surface area contributed by atoms with Crippen LogP contribution in [0.3, 0.4) is 0 Å². The van der Waals surface area contributed by atoms with Crippen molar-refractivity contribution in [2.75, 3.05) is 16.4 Å². The molecule has 186 valence electrons. The summed E-state index contributed by atoms with van der Waals surface area (Å²) in [7, 11) is 0. The van der Waals surface area contributed by atoms with Gasteiger partial charge in [0.05, 0.1) is 5.75 Å². The summed E-state index contributed by atoms with van der Waals surface area (Å²) in [6.07, 6.45) is 1.64. The molecule has 0 saturated carbocycles. The number of benzene rings is 3. The van der Waals surface area contributed by atoms with Crippen molar-refractivity contribution < 1.29 is 14.4 Å². The summed E-state index contributed by atoms with van der Waals surface area (Å²) in [6.45, 7) is 1.99. The number of hydrogen-bond acceptors (Lipinski definition) is 5. The SMILES string of the molecule is Cc1ccc(NC(=O)CSc2cccc(NC(=O)/C(=C/c3ccsc3)NC(=O)c3ccccc3)c2)cc1. The normalized spacial score (nSPS) is 11.0. The maximum absolute atomic E-state index is 13.1. The minimum atomic E-state index is -0.449. The fourth-order valence-corrected chi connectivity index (χ4v) is 4.68. The van der Waals surface area contributed by atoms with Crippen LogP contribution in [0.1, 0.15) is 21.5 Å². The molecule has 37 heavy (non-hydrogen) atoms. The van der Waals surface area contributed by atoms with Gasteiger partial charge in [0.1, 0.15) is 5.70 Å². The molecule has 0 spiro atoms. The zero-order chi connectivity index (χ0) is 26.0. The van der Waals surface area contributed by atoms with E-state index in [1.165, 1.54) is 23.1 Å². The molecule has 0 unspecified atom stereocenters. The lowest BCUT2D eigenvalue weighted by atomic mass is 10.2. The Morgan fingerprint density at radius 2 is 1.65 bits per heavy atom. The number of carbonyl (C=O) groups excluding carboxylic acids is 3. The summed E-state index contributed by atoms with van der Waals surface area (Å²) in [4.78, 5) is 39.0. The predicted molar refractivity (Wildman–Crippen MR) is 152 cm³/mol. The van der Waals surface area contributed by atoms with Crippen molar-refractivity contribution in [3.63, 3.8) is 0 Å². The Morgan fingerprint density at radius 1 is 0.865 bits per heavy atom. The van der Waals surface area contributed by atoms with Crippen LogP contribution in [0.15, 0.2) is 106 Å². The first-order valence-electron chi connectivity index (χ1n) is 11.5. The number of thiophene rings is 1. The first kappa shape index (κ1) is 25.9. The topological polar surface area (TPSA) is 87.3 Å². The molecule has 8 heteroatoms. The zero-order valence-electron chi connectivity index (χ0n) is 20.1. The molecule has 4 aromatic rings. The molecule has 0 radical (unpaired) electrons. The first-order chi connectivity index (χ1) is 18.0. The van der Waals surface area contributed by atoms with Crippen molar-refractivity contribution >= 4 is 58.3 Å². The maximum Gasteiger partial charge on any atom is 0.272 e. The van der Waals surface area contributed by atoms with Crippen LogP contribution in [0.2, 0.25) is 0 Å². The van der Waals surface area contributed by atoms with Crippen LogP contribution in [-0.4, -0.2) is 23.5 Å². The summed E-state index contributed by atoms with van der Waals surface area (Å²) in [5.74, 6) is -0.717. The van der Waals surface area contributed by atoms with Crippen molar-refractivity contribution in [1.82, 2.24) is 5.32 Å². The number of hydrogen-bond donors (Lipinski definition) is 3. The van der Waals surface area contributed by atoms with Gasteiger partial charge in [-0.2, -0.15) is 11.3 Å². The van der Waals surface area contributed by atoms with E-state index in [9.17, 15) is 14.4 Å². The van der Waals surface area contributed by atoms with Gasteiger partial charge in [-0.25, -0.2) is 0 Å². The minimum absolute atomic E-state index is 0.118. The highest BCUT2D eigenvalue weighted by Gasteiger charge is 2.15. The second-order valence-electron chi connectivity index (χ2n) is 8.12. The van der Waals surface area contributed by atoms with Crippen LogP contribution >= 0.6 is 23.1 Å². The lowest BCUT2D eigenvalue weighted by Crippen LogP contribution is -2.30. The quantitative estimate of drug-likeness (QED) is 0.179. The van der Waals surface area contributed by atoms with E-state index in [1.807, 2.05) is 60.1 Å². The van der Waals surface area contributed by atoms with Gasteiger partial charge >= 0.3 is 0 Å². The van der Waals surface area contributed by atoms with Crippen LogP contribution < -0.4 is 16.0 Å². The summed E-state index contributed by atoms with van der Waals surface area (Å²) in [5, 5.41) is 12.2. The smallest absolute Gasteiger partial charge is 0.272 e. The van der Waals surface area contributed by atoms with E-state index in [0.717, 1.165) is 21.7 Å². The van der Waals surface area contributed by atoms with E-state index in [0.29, 0.717) is 11.3 Å². The van der Waals surface area contributed by atoms with Gasteiger partial charge in [-0.3, -0.25) is 14.4 Å². The van der Waals surface area contributed by atoms with Gasteiger partial charge < -0.3 is 16.0 Å². The van der Waals surface area contributed by atoms with E-state index in [1.54, 1.807) is 48.5 Å². The number of anilines is 2. The third kappa shape index (κ3) is 7.93. The second-order valence-corrected chi connectivity index (χ2v) is 9.95. The molecule has 3 aromatic carbocycles. The molecule has 3 amide bonds. The summed E-state index contributed by atoms with van der Waals surface area (Å²) in [6, 6.07) is 25.4. The fourth-order valence-electron chi connectivity index (χ4n) is 3.31. The Bertz CT molecular complexity index is 1400. The largest absolute Gasteiger partial charge is 0.325 e. The highest BCUT2D eigenvalue weighted by atomic mass is 32.2. The second kappa shape index (κ2) is 12.7. The molecule has 1 heterocycles. The summed E-state index contributed by atoms with van der Waals surface area (Å²) >= 11 is 2.86. The molecular weight excluding hydrogens is 502 g/mol. The van der Waals surface area contributed by atoms with Crippen molar-refractivity contribution in [3.8, 4) is 0 Å². The number of carbonyl (C=O) groups is 3. The van der Waals surface area contributed by atoms with Crippen LogP contribution in [0.4, 0.5) is 11.4 Å². The molecule has 0 bridgehead atoms. The van der Waals surface area contributed by atoms with Crippen molar-refractivity contribution in [2.24, 2.45) is 0 Å². The minimum Gasteiger partial charge on any atom is -0.325 e. The Morgan fingerprint density at radius 3 is 2.38 bits per heavy atom. The Balaban J connectivity index is 1.40. The molecule has 0 saturated heterocycles. The molecule has 0 aliphatic heterocycles. The Kier molecular flexibility index (Phi) is 8.91. The van der Waals surface area contributed by atoms with Gasteiger partial charge in [0.25, 0.3) is 11.8 Å². The third-order valence-electron chi connectivity index (χ3n) is 5.18. The van der Waals surface area contributed by atoms with Crippen molar-refractivity contribution in [1.29, 1.82) is 0 Å². The Hall–Kier alpha value is -4.14. The van der Waals surface area contributed by atoms with Gasteiger partial charge in [-0.15, -0.1) is 11.8 Å². The molecule has 6 nitrogen and oxygen atoms in total. The Labute approximate surface area is 223 Å². The molecule has 1 aromatic heterocycles. The van der Waals surface area contributed by atoms with Crippen LogP contribution in [-0.2, 0) is 9.59 Å². The molecule has 0 aliphatic carbocycles. The molecule has 4 rings (SSSR count). The average molecular weight is 528 g/mol. The van der Waals surface area contributed by atoms with E-state index in [-0.39, 0.29) is 23.3 Å². The van der Waals surface area contributed by atoms with Crippen LogP contribution in [0.25, 0.3) is 6.08 Å². The van der Waals surface area contributed by atoms with Gasteiger partial charge in [-0.05, 0) is 77.9 Å². The van der Waals surface area contributed by atoms with Gasteiger partial charge in [0, 0.05) is 21.8 Å². The van der Waals surface area contributed by atoms with Crippen LogP contribution in [0.5, 0.6) is 0 Å². The maximum atomic E-state index is 13.1. The van der Waals surface area contributed by atoms with Gasteiger partial charge in [0.15, 0.2) is 0 Å². The first-order valence-corrected chi connectivity index (χ1v) is 13.4. The molecule has 3 N–H and O–H groups in total. The number of thioether (sulfide) groups is 1. The van der Waals surface area contributed by atoms with E-state index in [4.69, 9.17) is 0 Å². The van der Waals surface area contributed by atoms with Gasteiger partial charge in [-0.1, -0.05) is 42.0 Å². The predicted octanol–water partition coefficient (Wildman–Crippen LogP) is 6.20. The highest BCUT2D eigenvalue weighted by Crippen LogP contribution is 2.23. The monoisotopic (exact) mass is 527 g/mol. The number of nitrogens with one attached hydrogen (secondary N) is 3. The van der Waals surface area contributed by atoms with Crippen molar-refractivity contribution in [3.05, 3.63) is 118 Å². The highest BCUT2D eigenvalue weighted by molar-refractivity contribution is 8.00. The molecular formula is C29H25N3O3S2. The lowest BCUT2D eigenvalue weighted by Gasteiger charge is -2.12. The van der Waals surface area contributed by atoms with E-state index in [2.05, 4.69) is 16.0 Å². The third-order valence-corrected chi connectivity index (χ3v) is 6.88. The number of aryl methyl sites for hydroxylation is 1. The summed E-state index contributed by atoms with van der Waals surface area (Å²) in [5.41, 5.74) is 3.82. The zero-order valence-corrected chi connectivity index (χ0v) is 21.7. The molecule has 0 fully saturated rings. The average Bonchev–Trinajstić information content (AvgIpc) is 3.42. The van der Waals surface area contributed by atoms with Crippen LogP contribution in [0, 0.1) is 6.92 Å². The van der Waals surface area contributed by atoms with Gasteiger partial charge in [0.2, 0.25) is 5.91 Å². The number of rotatable bonds is 9. The van der Waals surface area contributed by atoms with Crippen molar-refractivity contribution in [2.45, 2.75) is 11.8 Å². The van der Waals surface area contributed by atoms with E-state index >= 15 is 0 Å². The lowest BCUT2D eigenvalue weighted by molar-refractivity contribution is -0.114. The fraction of sp³-hybridized carbons (Fsp3) is 0.0690.